The van der Waals surface area contributed by atoms with Crippen LogP contribution in [0.2, 0.25) is 0 Å². The van der Waals surface area contributed by atoms with Gasteiger partial charge in [0.25, 0.3) is 17.4 Å². The Morgan fingerprint density at radius 3 is 2.70 bits per heavy atom. The van der Waals surface area contributed by atoms with Gasteiger partial charge in [-0.05, 0) is 66.5 Å². The quantitative estimate of drug-likeness (QED) is 0.408. The molecule has 1 aromatic carbocycles. The predicted octanol–water partition coefficient (Wildman–Crippen LogP) is 4.55. The van der Waals surface area contributed by atoms with Crippen molar-refractivity contribution in [3.63, 3.8) is 0 Å². The van der Waals surface area contributed by atoms with Crippen LogP contribution < -0.4 is 10.9 Å². The maximum atomic E-state index is 13.9. The molecule has 0 aliphatic carbocycles. The van der Waals surface area contributed by atoms with E-state index >= 15 is 0 Å². The van der Waals surface area contributed by atoms with E-state index < -0.39 is 5.95 Å². The first-order chi connectivity index (χ1) is 15.9. The van der Waals surface area contributed by atoms with Gasteiger partial charge in [-0.3, -0.25) is 9.78 Å². The molecule has 0 aliphatic heterocycles. The average molecular weight is 442 g/mol. The predicted molar refractivity (Wildman–Crippen MR) is 123 cm³/mol. The largest absolute Gasteiger partial charge is 0.332 e. The van der Waals surface area contributed by atoms with E-state index in [0.717, 1.165) is 27.7 Å². The first-order valence-electron chi connectivity index (χ1n) is 10.2. The monoisotopic (exact) mass is 442 g/mol. The topological polar surface area (TPSA) is 98.7 Å². The molecule has 33 heavy (non-hydrogen) atoms. The lowest BCUT2D eigenvalue weighted by molar-refractivity contribution is 0.429. The SMILES string of the molecule is Cc1cc2c(cn1)cc(-c1cc(Nc3noc(-c4cccnc4F)n3)ccc1C)c(=O)n2C. The van der Waals surface area contributed by atoms with E-state index in [1.807, 2.05) is 44.2 Å². The molecule has 4 aromatic heterocycles. The van der Waals surface area contributed by atoms with Crippen molar-refractivity contribution >= 4 is 22.5 Å². The Balaban J connectivity index is 1.52. The number of benzene rings is 1. The zero-order chi connectivity index (χ0) is 23.1. The fourth-order valence-electron chi connectivity index (χ4n) is 3.71. The first kappa shape index (κ1) is 20.5. The number of hydrogen-bond donors (Lipinski definition) is 1. The summed E-state index contributed by atoms with van der Waals surface area (Å²) in [7, 11) is 1.75. The Morgan fingerprint density at radius 1 is 1.03 bits per heavy atom. The third-order valence-electron chi connectivity index (χ3n) is 5.44. The van der Waals surface area contributed by atoms with E-state index in [1.54, 1.807) is 23.9 Å². The highest BCUT2D eigenvalue weighted by atomic mass is 19.1. The van der Waals surface area contributed by atoms with Gasteiger partial charge >= 0.3 is 0 Å². The minimum absolute atomic E-state index is 0.0154. The summed E-state index contributed by atoms with van der Waals surface area (Å²) >= 11 is 0. The second kappa shape index (κ2) is 7.94. The number of hydrogen-bond acceptors (Lipinski definition) is 7. The molecule has 8 nitrogen and oxygen atoms in total. The van der Waals surface area contributed by atoms with Crippen LogP contribution in [-0.4, -0.2) is 24.7 Å². The van der Waals surface area contributed by atoms with Crippen molar-refractivity contribution in [1.29, 1.82) is 0 Å². The Morgan fingerprint density at radius 2 is 1.88 bits per heavy atom. The van der Waals surface area contributed by atoms with E-state index in [0.29, 0.717) is 11.3 Å². The molecule has 0 unspecified atom stereocenters. The minimum Gasteiger partial charge on any atom is -0.332 e. The summed E-state index contributed by atoms with van der Waals surface area (Å²) in [6, 6.07) is 12.4. The fraction of sp³-hybridized carbons (Fsp3) is 0.125. The normalized spacial score (nSPS) is 11.2. The van der Waals surface area contributed by atoms with Gasteiger partial charge in [0, 0.05) is 41.8 Å². The molecule has 164 valence electrons. The molecule has 1 N–H and O–H groups in total. The average Bonchev–Trinajstić information content (AvgIpc) is 3.26. The van der Waals surface area contributed by atoms with Crippen molar-refractivity contribution in [2.45, 2.75) is 13.8 Å². The number of anilines is 2. The summed E-state index contributed by atoms with van der Waals surface area (Å²) in [4.78, 5) is 25.3. The maximum Gasteiger partial charge on any atom is 0.268 e. The molecular weight excluding hydrogens is 423 g/mol. The summed E-state index contributed by atoms with van der Waals surface area (Å²) in [6.45, 7) is 3.83. The molecule has 0 aliphatic rings. The molecule has 0 saturated carbocycles. The molecule has 0 spiro atoms. The van der Waals surface area contributed by atoms with Gasteiger partial charge in [-0.25, -0.2) is 4.98 Å². The van der Waals surface area contributed by atoms with Gasteiger partial charge < -0.3 is 14.4 Å². The minimum atomic E-state index is -0.692. The Labute approximate surface area is 187 Å². The van der Waals surface area contributed by atoms with Gasteiger partial charge in [0.1, 0.15) is 0 Å². The van der Waals surface area contributed by atoms with Crippen molar-refractivity contribution in [2.75, 3.05) is 5.32 Å². The molecule has 0 amide bonds. The molecule has 9 heteroatoms. The van der Waals surface area contributed by atoms with Crippen molar-refractivity contribution in [3.8, 4) is 22.6 Å². The van der Waals surface area contributed by atoms with E-state index in [1.165, 1.54) is 12.3 Å². The second-order valence-corrected chi connectivity index (χ2v) is 7.73. The number of fused-ring (bicyclic) bond motifs is 1. The van der Waals surface area contributed by atoms with E-state index in [2.05, 4.69) is 25.4 Å². The molecule has 0 saturated heterocycles. The van der Waals surface area contributed by atoms with Crippen LogP contribution >= 0.6 is 0 Å². The number of aryl methyl sites for hydroxylation is 3. The van der Waals surface area contributed by atoms with E-state index in [4.69, 9.17) is 4.52 Å². The lowest BCUT2D eigenvalue weighted by Gasteiger charge is -2.12. The summed E-state index contributed by atoms with van der Waals surface area (Å²) in [6.07, 6.45) is 3.11. The van der Waals surface area contributed by atoms with E-state index in [-0.39, 0.29) is 23.0 Å². The number of nitrogens with zero attached hydrogens (tertiary/aromatic N) is 5. The molecular formula is C24H19FN6O2. The van der Waals surface area contributed by atoms with Crippen LogP contribution in [0.5, 0.6) is 0 Å². The molecule has 0 fully saturated rings. The lowest BCUT2D eigenvalue weighted by Crippen LogP contribution is -2.19. The molecule has 4 heterocycles. The number of rotatable bonds is 4. The summed E-state index contributed by atoms with van der Waals surface area (Å²) in [5.74, 6) is -0.516. The van der Waals surface area contributed by atoms with Crippen LogP contribution in [0.4, 0.5) is 16.0 Å². The van der Waals surface area contributed by atoms with Crippen molar-refractivity contribution in [3.05, 3.63) is 82.4 Å². The molecule has 0 radical (unpaired) electrons. The van der Waals surface area contributed by atoms with Gasteiger partial charge in [-0.1, -0.05) is 6.07 Å². The third-order valence-corrected chi connectivity index (χ3v) is 5.44. The zero-order valence-electron chi connectivity index (χ0n) is 18.1. The van der Waals surface area contributed by atoms with Crippen molar-refractivity contribution in [2.24, 2.45) is 7.05 Å². The highest BCUT2D eigenvalue weighted by Gasteiger charge is 2.16. The lowest BCUT2D eigenvalue weighted by atomic mass is 9.99. The smallest absolute Gasteiger partial charge is 0.268 e. The summed E-state index contributed by atoms with van der Waals surface area (Å²) < 4.78 is 20.7. The first-order valence-corrected chi connectivity index (χ1v) is 10.2. The van der Waals surface area contributed by atoms with Crippen LogP contribution in [-0.2, 0) is 7.05 Å². The van der Waals surface area contributed by atoms with Crippen molar-refractivity contribution < 1.29 is 8.91 Å². The number of aromatic nitrogens is 5. The third kappa shape index (κ3) is 3.73. The summed E-state index contributed by atoms with van der Waals surface area (Å²) in [5, 5.41) is 7.79. The number of nitrogens with one attached hydrogen (secondary N) is 1. The maximum absolute atomic E-state index is 13.9. The number of halogens is 1. The molecule has 5 aromatic rings. The van der Waals surface area contributed by atoms with Gasteiger partial charge in [-0.15, -0.1) is 0 Å². The van der Waals surface area contributed by atoms with Crippen LogP contribution in [0.3, 0.4) is 0 Å². The van der Waals surface area contributed by atoms with E-state index in [9.17, 15) is 9.18 Å². The molecule has 0 atom stereocenters. The van der Waals surface area contributed by atoms with Crippen LogP contribution in [0, 0.1) is 19.8 Å². The Bertz CT molecular complexity index is 1570. The highest BCUT2D eigenvalue weighted by molar-refractivity contribution is 5.85. The zero-order valence-corrected chi connectivity index (χ0v) is 18.1. The second-order valence-electron chi connectivity index (χ2n) is 7.73. The van der Waals surface area contributed by atoms with Gasteiger partial charge in [0.15, 0.2) is 0 Å². The van der Waals surface area contributed by atoms with Crippen molar-refractivity contribution in [1.82, 2.24) is 24.7 Å². The van der Waals surface area contributed by atoms with Gasteiger partial charge in [0.05, 0.1) is 11.1 Å². The Hall–Kier alpha value is -4.40. The fourth-order valence-corrected chi connectivity index (χ4v) is 3.71. The van der Waals surface area contributed by atoms with Gasteiger partial charge in [0.2, 0.25) is 5.95 Å². The van der Waals surface area contributed by atoms with Crippen LogP contribution in [0.15, 0.2) is 64.2 Å². The Kier molecular flexibility index (Phi) is 4.93. The molecule has 5 rings (SSSR count). The van der Waals surface area contributed by atoms with Crippen LogP contribution in [0.1, 0.15) is 11.3 Å². The van der Waals surface area contributed by atoms with Gasteiger partial charge in [-0.2, -0.15) is 9.37 Å². The number of pyridine rings is 3. The standard InChI is InChI=1S/C24H19FN6O2/c1-13-6-7-16(28-24-29-22(33-30-24)17-5-4-8-26-21(17)25)11-18(13)19-10-15-12-27-14(2)9-20(15)31(3)23(19)32/h4-12H,1-3H3,(H,28,30). The summed E-state index contributed by atoms with van der Waals surface area (Å²) in [5.41, 5.74) is 4.59. The highest BCUT2D eigenvalue weighted by Crippen LogP contribution is 2.28. The van der Waals surface area contributed by atoms with Crippen LogP contribution in [0.25, 0.3) is 33.5 Å². The molecule has 0 bridgehead atoms.